The zero-order valence-electron chi connectivity index (χ0n) is 16.7. The number of aryl methyl sites for hydroxylation is 2. The first-order chi connectivity index (χ1) is 14.3. The molecule has 3 rings (SSSR count). The van der Waals surface area contributed by atoms with Gasteiger partial charge in [0.15, 0.2) is 6.61 Å². The molecule has 0 aliphatic rings. The Balaban J connectivity index is 1.81. The van der Waals surface area contributed by atoms with Crippen molar-refractivity contribution in [3.63, 3.8) is 0 Å². The molecule has 30 heavy (non-hydrogen) atoms. The van der Waals surface area contributed by atoms with Crippen LogP contribution in [0.15, 0.2) is 21.3 Å². The smallest absolute Gasteiger partial charge is 0.339 e. The number of aliphatic carboxylic acids is 1. The summed E-state index contributed by atoms with van der Waals surface area (Å²) in [6, 6.07) is 2.54. The third kappa shape index (κ3) is 4.45. The Labute approximate surface area is 170 Å². The number of nitrogens with zero attached hydrogens (tertiary/aromatic N) is 3. The molecule has 11 nitrogen and oxygen atoms in total. The number of hydrogen-bond acceptors (Lipinski definition) is 8. The second-order valence-electron chi connectivity index (χ2n) is 6.80. The summed E-state index contributed by atoms with van der Waals surface area (Å²) < 4.78 is 11.2. The molecule has 11 heteroatoms. The number of rotatable bonds is 8. The largest absolute Gasteiger partial charge is 0.485 e. The van der Waals surface area contributed by atoms with Crippen LogP contribution in [0.4, 0.5) is 0 Å². The zero-order valence-corrected chi connectivity index (χ0v) is 16.7. The summed E-state index contributed by atoms with van der Waals surface area (Å²) in [6.07, 6.45) is 0.108. The van der Waals surface area contributed by atoms with E-state index in [4.69, 9.17) is 14.3 Å². The Morgan fingerprint density at radius 1 is 1.30 bits per heavy atom. The van der Waals surface area contributed by atoms with Crippen molar-refractivity contribution in [1.82, 2.24) is 25.9 Å². The highest BCUT2D eigenvalue weighted by Gasteiger charge is 2.18. The van der Waals surface area contributed by atoms with E-state index in [0.29, 0.717) is 33.8 Å². The summed E-state index contributed by atoms with van der Waals surface area (Å²) in [5, 5.41) is 25.4. The Morgan fingerprint density at radius 3 is 2.73 bits per heavy atom. The lowest BCUT2D eigenvalue weighted by molar-refractivity contribution is -0.141. The summed E-state index contributed by atoms with van der Waals surface area (Å²) in [5.41, 5.74) is 1.58. The predicted octanol–water partition coefficient (Wildman–Crippen LogP) is 1.02. The molecule has 2 heterocycles. The van der Waals surface area contributed by atoms with Crippen LogP contribution in [0, 0.1) is 13.8 Å². The van der Waals surface area contributed by atoms with Crippen molar-refractivity contribution >= 4 is 22.8 Å². The van der Waals surface area contributed by atoms with E-state index >= 15 is 0 Å². The first-order valence-corrected chi connectivity index (χ1v) is 9.21. The molecule has 0 unspecified atom stereocenters. The molecule has 0 bridgehead atoms. The fourth-order valence-corrected chi connectivity index (χ4v) is 3.02. The van der Waals surface area contributed by atoms with Gasteiger partial charge in [0.1, 0.15) is 17.4 Å². The van der Waals surface area contributed by atoms with Gasteiger partial charge in [0.25, 0.3) is 0 Å². The van der Waals surface area contributed by atoms with Gasteiger partial charge in [-0.3, -0.25) is 9.59 Å². The quantitative estimate of drug-likeness (QED) is 0.456. The number of benzene rings is 1. The third-order valence-corrected chi connectivity index (χ3v) is 4.75. The molecule has 158 valence electrons. The first-order valence-electron chi connectivity index (χ1n) is 9.21. The van der Waals surface area contributed by atoms with E-state index in [9.17, 15) is 14.4 Å². The summed E-state index contributed by atoms with van der Waals surface area (Å²) in [5.74, 6) is -0.676. The highest BCUT2D eigenvalue weighted by Crippen LogP contribution is 2.30. The second-order valence-corrected chi connectivity index (χ2v) is 6.80. The minimum Gasteiger partial charge on any atom is -0.485 e. The van der Waals surface area contributed by atoms with Gasteiger partial charge in [0.05, 0.1) is 0 Å². The van der Waals surface area contributed by atoms with Crippen LogP contribution in [-0.2, 0) is 22.6 Å². The van der Waals surface area contributed by atoms with Crippen molar-refractivity contribution in [2.45, 2.75) is 46.3 Å². The first kappa shape index (κ1) is 21.0. The van der Waals surface area contributed by atoms with Crippen LogP contribution in [0.5, 0.6) is 5.75 Å². The van der Waals surface area contributed by atoms with Crippen LogP contribution in [0.3, 0.4) is 0 Å². The van der Waals surface area contributed by atoms with Crippen molar-refractivity contribution < 1.29 is 23.8 Å². The van der Waals surface area contributed by atoms with Gasteiger partial charge >= 0.3 is 11.6 Å². The predicted molar refractivity (Wildman–Crippen MR) is 104 cm³/mol. The number of ether oxygens (including phenoxy) is 1. The van der Waals surface area contributed by atoms with E-state index in [1.54, 1.807) is 26.0 Å². The van der Waals surface area contributed by atoms with Crippen LogP contribution in [0.1, 0.15) is 35.9 Å². The zero-order chi connectivity index (χ0) is 21.8. The maximum absolute atomic E-state index is 12.5. The number of tetrazole rings is 1. The van der Waals surface area contributed by atoms with Crippen molar-refractivity contribution in [3.05, 3.63) is 45.1 Å². The Hall–Kier alpha value is -3.76. The van der Waals surface area contributed by atoms with E-state index in [2.05, 4.69) is 25.9 Å². The number of aromatic nitrogens is 4. The minimum atomic E-state index is -1.13. The molecule has 1 atom stereocenters. The van der Waals surface area contributed by atoms with Crippen molar-refractivity contribution in [2.75, 3.05) is 0 Å². The Morgan fingerprint density at radius 2 is 2.07 bits per heavy atom. The van der Waals surface area contributed by atoms with Crippen LogP contribution >= 0.6 is 0 Å². The lowest BCUT2D eigenvalue weighted by Gasteiger charge is -2.13. The minimum absolute atomic E-state index is 0.0282. The fourth-order valence-electron chi connectivity index (χ4n) is 3.02. The van der Waals surface area contributed by atoms with E-state index in [0.717, 1.165) is 5.39 Å². The molecule has 2 aromatic heterocycles. The van der Waals surface area contributed by atoms with Gasteiger partial charge in [-0.15, -0.1) is 10.2 Å². The molecule has 3 aromatic rings. The van der Waals surface area contributed by atoms with Gasteiger partial charge in [0.2, 0.25) is 11.7 Å². The highest BCUT2D eigenvalue weighted by atomic mass is 16.5. The number of amides is 1. The summed E-state index contributed by atoms with van der Waals surface area (Å²) in [6.45, 7) is 5.04. The Kier molecular flexibility index (Phi) is 6.09. The normalized spacial score (nSPS) is 12.0. The highest BCUT2D eigenvalue weighted by molar-refractivity contribution is 5.86. The van der Waals surface area contributed by atoms with Crippen molar-refractivity contribution in [1.29, 1.82) is 0 Å². The molecule has 0 saturated carbocycles. The average molecular weight is 415 g/mol. The standard InChI is InChI=1S/C19H21N5O6/c1-9-12-4-6-14(29-8-15-21-23-24-22-15)10(2)17(12)30-19(28)13(9)5-7-16(25)20-11(3)18(26)27/h4,6,11H,5,7-8H2,1-3H3,(H,20,25)(H,26,27)(H,21,22,23,24)/t11-/m0/s1. The van der Waals surface area contributed by atoms with Crippen LogP contribution in [0.25, 0.3) is 11.0 Å². The molecule has 0 fully saturated rings. The number of aromatic amines is 1. The van der Waals surface area contributed by atoms with E-state index < -0.39 is 23.5 Å². The summed E-state index contributed by atoms with van der Waals surface area (Å²) in [4.78, 5) is 35.3. The number of carboxylic acid groups (broad SMARTS) is 1. The fraction of sp³-hybridized carbons (Fsp3) is 0.368. The number of carbonyl (C=O) groups is 2. The topological polar surface area (TPSA) is 160 Å². The van der Waals surface area contributed by atoms with Crippen LogP contribution in [0.2, 0.25) is 0 Å². The molecule has 0 aliphatic carbocycles. The Bertz CT molecular complexity index is 1140. The van der Waals surface area contributed by atoms with Gasteiger partial charge in [0, 0.05) is 22.9 Å². The monoisotopic (exact) mass is 415 g/mol. The number of H-pyrrole nitrogens is 1. The number of fused-ring (bicyclic) bond motifs is 1. The van der Waals surface area contributed by atoms with Gasteiger partial charge < -0.3 is 19.6 Å². The maximum Gasteiger partial charge on any atom is 0.339 e. The molecule has 0 aliphatic heterocycles. The molecular weight excluding hydrogens is 394 g/mol. The van der Waals surface area contributed by atoms with Crippen molar-refractivity contribution in [2.24, 2.45) is 0 Å². The van der Waals surface area contributed by atoms with E-state index in [1.165, 1.54) is 6.92 Å². The maximum atomic E-state index is 12.5. The van der Waals surface area contributed by atoms with Gasteiger partial charge in [-0.2, -0.15) is 5.21 Å². The second kappa shape index (κ2) is 8.72. The van der Waals surface area contributed by atoms with E-state index in [-0.39, 0.29) is 19.4 Å². The number of carboxylic acids is 1. The van der Waals surface area contributed by atoms with Gasteiger partial charge in [-0.05, 0) is 44.9 Å². The number of nitrogens with one attached hydrogen (secondary N) is 2. The molecule has 1 aromatic carbocycles. The molecule has 0 radical (unpaired) electrons. The van der Waals surface area contributed by atoms with Gasteiger partial charge in [-0.25, -0.2) is 4.79 Å². The lowest BCUT2D eigenvalue weighted by atomic mass is 10.00. The SMILES string of the molecule is Cc1c(CCC(=O)N[C@@H](C)C(=O)O)c(=O)oc2c(C)c(OCc3nn[nH]n3)ccc12. The molecule has 1 amide bonds. The lowest BCUT2D eigenvalue weighted by Crippen LogP contribution is -2.38. The van der Waals surface area contributed by atoms with E-state index in [1.807, 2.05) is 0 Å². The molecule has 3 N–H and O–H groups in total. The van der Waals surface area contributed by atoms with Crippen LogP contribution < -0.4 is 15.7 Å². The number of carbonyl (C=O) groups excluding carboxylic acids is 1. The number of hydrogen-bond donors (Lipinski definition) is 3. The van der Waals surface area contributed by atoms with Crippen LogP contribution in [-0.4, -0.2) is 43.6 Å². The third-order valence-electron chi connectivity index (χ3n) is 4.75. The molecule has 0 saturated heterocycles. The van der Waals surface area contributed by atoms with Gasteiger partial charge in [-0.1, -0.05) is 5.21 Å². The average Bonchev–Trinajstić information content (AvgIpc) is 3.21. The molecule has 0 spiro atoms. The summed E-state index contributed by atoms with van der Waals surface area (Å²) >= 11 is 0. The van der Waals surface area contributed by atoms with Crippen molar-refractivity contribution in [3.8, 4) is 5.75 Å². The summed E-state index contributed by atoms with van der Waals surface area (Å²) in [7, 11) is 0. The molecular formula is C19H21N5O6.